The van der Waals surface area contributed by atoms with E-state index in [1.807, 2.05) is 18.2 Å². The SMILES string of the molecule is OC(c1ccccn1)C1CCN(Cc2ccc(F)c(F)c2)CC1. The van der Waals surface area contributed by atoms with Crippen LogP contribution in [0.25, 0.3) is 0 Å². The Morgan fingerprint density at radius 1 is 1.13 bits per heavy atom. The van der Waals surface area contributed by atoms with Gasteiger partial charge in [-0.2, -0.15) is 0 Å². The minimum Gasteiger partial charge on any atom is -0.387 e. The molecule has 1 unspecified atom stereocenters. The van der Waals surface area contributed by atoms with Crippen LogP contribution in [0.3, 0.4) is 0 Å². The van der Waals surface area contributed by atoms with Crippen LogP contribution >= 0.6 is 0 Å². The van der Waals surface area contributed by atoms with Crippen molar-refractivity contribution in [3.63, 3.8) is 0 Å². The van der Waals surface area contributed by atoms with Gasteiger partial charge in [0.2, 0.25) is 0 Å². The number of hydrogen-bond acceptors (Lipinski definition) is 3. The second-order valence-corrected chi connectivity index (χ2v) is 6.06. The number of halogens is 2. The van der Waals surface area contributed by atoms with Gasteiger partial charge in [0.05, 0.1) is 11.8 Å². The summed E-state index contributed by atoms with van der Waals surface area (Å²) in [6.45, 7) is 2.25. The Hall–Kier alpha value is -1.85. The van der Waals surface area contributed by atoms with Crippen molar-refractivity contribution in [2.75, 3.05) is 13.1 Å². The molecule has 0 radical (unpaired) electrons. The lowest BCUT2D eigenvalue weighted by atomic mass is 9.89. The molecule has 122 valence electrons. The summed E-state index contributed by atoms with van der Waals surface area (Å²) in [6, 6.07) is 9.60. The van der Waals surface area contributed by atoms with Crippen molar-refractivity contribution >= 4 is 0 Å². The molecule has 1 aromatic heterocycles. The van der Waals surface area contributed by atoms with Crippen LogP contribution in [0.2, 0.25) is 0 Å². The van der Waals surface area contributed by atoms with Gasteiger partial charge >= 0.3 is 0 Å². The molecule has 1 atom stereocenters. The average Bonchev–Trinajstić information content (AvgIpc) is 2.59. The topological polar surface area (TPSA) is 36.4 Å². The third-order valence-electron chi connectivity index (χ3n) is 4.46. The van der Waals surface area contributed by atoms with Gasteiger partial charge in [0.25, 0.3) is 0 Å². The Kier molecular flexibility index (Phi) is 4.98. The van der Waals surface area contributed by atoms with Gasteiger partial charge in [-0.05, 0) is 61.7 Å². The third kappa shape index (κ3) is 3.92. The number of benzene rings is 1. The van der Waals surface area contributed by atoms with E-state index >= 15 is 0 Å². The van der Waals surface area contributed by atoms with E-state index in [2.05, 4.69) is 9.88 Å². The largest absolute Gasteiger partial charge is 0.387 e. The molecule has 3 nitrogen and oxygen atoms in total. The molecule has 2 heterocycles. The summed E-state index contributed by atoms with van der Waals surface area (Å²) in [5.41, 5.74) is 1.49. The summed E-state index contributed by atoms with van der Waals surface area (Å²) < 4.78 is 26.2. The fraction of sp³-hybridized carbons (Fsp3) is 0.389. The average molecular weight is 318 g/mol. The number of rotatable bonds is 4. The van der Waals surface area contributed by atoms with Crippen molar-refractivity contribution in [3.05, 3.63) is 65.5 Å². The molecule has 0 saturated carbocycles. The Morgan fingerprint density at radius 3 is 2.57 bits per heavy atom. The van der Waals surface area contributed by atoms with Crippen LogP contribution in [0, 0.1) is 17.6 Å². The molecule has 2 aromatic rings. The Balaban J connectivity index is 1.55. The quantitative estimate of drug-likeness (QED) is 0.939. The second-order valence-electron chi connectivity index (χ2n) is 6.06. The molecule has 1 fully saturated rings. The van der Waals surface area contributed by atoms with E-state index in [0.717, 1.165) is 31.5 Å². The van der Waals surface area contributed by atoms with Crippen LogP contribution in [0.5, 0.6) is 0 Å². The van der Waals surface area contributed by atoms with E-state index in [9.17, 15) is 13.9 Å². The molecule has 0 bridgehead atoms. The summed E-state index contributed by atoms with van der Waals surface area (Å²) in [4.78, 5) is 6.42. The monoisotopic (exact) mass is 318 g/mol. The zero-order chi connectivity index (χ0) is 16.2. The van der Waals surface area contributed by atoms with Crippen molar-refractivity contribution in [2.45, 2.75) is 25.5 Å². The van der Waals surface area contributed by atoms with Crippen LogP contribution in [-0.2, 0) is 6.54 Å². The minimum absolute atomic E-state index is 0.186. The highest BCUT2D eigenvalue weighted by atomic mass is 19.2. The van der Waals surface area contributed by atoms with Crippen LogP contribution in [-0.4, -0.2) is 28.1 Å². The number of pyridine rings is 1. The van der Waals surface area contributed by atoms with Crippen LogP contribution in [0.15, 0.2) is 42.6 Å². The molecule has 1 aliphatic heterocycles. The maximum atomic E-state index is 13.3. The highest BCUT2D eigenvalue weighted by molar-refractivity contribution is 5.17. The molecule has 0 spiro atoms. The van der Waals surface area contributed by atoms with E-state index in [1.54, 1.807) is 12.3 Å². The van der Waals surface area contributed by atoms with Gasteiger partial charge in [-0.1, -0.05) is 12.1 Å². The standard InChI is InChI=1S/C18H20F2N2O/c19-15-5-4-13(11-16(15)20)12-22-9-6-14(7-10-22)18(23)17-3-1-2-8-21-17/h1-5,8,11,14,18,23H,6-7,9-10,12H2. The van der Waals surface area contributed by atoms with Crippen LogP contribution in [0.1, 0.15) is 30.2 Å². The van der Waals surface area contributed by atoms with Gasteiger partial charge in [-0.25, -0.2) is 8.78 Å². The summed E-state index contributed by atoms with van der Waals surface area (Å²) in [7, 11) is 0. The predicted molar refractivity (Wildman–Crippen MR) is 83.6 cm³/mol. The zero-order valence-corrected chi connectivity index (χ0v) is 12.8. The zero-order valence-electron chi connectivity index (χ0n) is 12.8. The molecule has 0 amide bonds. The van der Waals surface area contributed by atoms with Crippen molar-refractivity contribution in [1.82, 2.24) is 9.88 Å². The Morgan fingerprint density at radius 2 is 1.91 bits per heavy atom. The van der Waals surface area contributed by atoms with Crippen LogP contribution < -0.4 is 0 Å². The number of aliphatic hydroxyl groups is 1. The van der Waals surface area contributed by atoms with Crippen molar-refractivity contribution in [2.24, 2.45) is 5.92 Å². The van der Waals surface area contributed by atoms with Gasteiger partial charge in [0.1, 0.15) is 0 Å². The summed E-state index contributed by atoms with van der Waals surface area (Å²) in [6.07, 6.45) is 2.88. The number of likely N-dealkylation sites (tertiary alicyclic amines) is 1. The lowest BCUT2D eigenvalue weighted by molar-refractivity contribution is 0.0539. The molecule has 5 heteroatoms. The van der Waals surface area contributed by atoms with Gasteiger partial charge < -0.3 is 5.11 Å². The van der Waals surface area contributed by atoms with Gasteiger partial charge in [0.15, 0.2) is 11.6 Å². The Bertz CT molecular complexity index is 643. The Labute approximate surface area is 134 Å². The molecular formula is C18H20F2N2O. The first-order valence-corrected chi connectivity index (χ1v) is 7.89. The summed E-state index contributed by atoms with van der Waals surface area (Å²) >= 11 is 0. The van der Waals surface area contributed by atoms with Gasteiger partial charge in [-0.3, -0.25) is 9.88 Å². The van der Waals surface area contributed by atoms with E-state index in [1.165, 1.54) is 12.1 Å². The number of aromatic nitrogens is 1. The molecule has 1 aromatic carbocycles. The lowest BCUT2D eigenvalue weighted by Crippen LogP contribution is -2.35. The summed E-state index contributed by atoms with van der Waals surface area (Å²) in [5, 5.41) is 10.4. The van der Waals surface area contributed by atoms with Crippen molar-refractivity contribution < 1.29 is 13.9 Å². The highest BCUT2D eigenvalue weighted by Crippen LogP contribution is 2.30. The first-order valence-electron chi connectivity index (χ1n) is 7.89. The molecule has 1 saturated heterocycles. The lowest BCUT2D eigenvalue weighted by Gasteiger charge is -2.34. The van der Waals surface area contributed by atoms with E-state index < -0.39 is 17.7 Å². The number of piperidine rings is 1. The molecule has 1 N–H and O–H groups in total. The van der Waals surface area contributed by atoms with Gasteiger partial charge in [0, 0.05) is 12.7 Å². The fourth-order valence-corrected chi connectivity index (χ4v) is 3.12. The number of hydrogen-bond donors (Lipinski definition) is 1. The fourth-order valence-electron chi connectivity index (χ4n) is 3.12. The van der Waals surface area contributed by atoms with Crippen molar-refractivity contribution in [1.29, 1.82) is 0 Å². The highest BCUT2D eigenvalue weighted by Gasteiger charge is 2.26. The first kappa shape index (κ1) is 16.0. The first-order chi connectivity index (χ1) is 11.1. The van der Waals surface area contributed by atoms with Crippen molar-refractivity contribution in [3.8, 4) is 0 Å². The maximum Gasteiger partial charge on any atom is 0.159 e. The summed E-state index contributed by atoms with van der Waals surface area (Å²) in [5.74, 6) is -1.43. The smallest absolute Gasteiger partial charge is 0.159 e. The minimum atomic E-state index is -0.814. The molecule has 3 rings (SSSR count). The predicted octanol–water partition coefficient (Wildman–Crippen LogP) is 3.31. The van der Waals surface area contributed by atoms with E-state index in [-0.39, 0.29) is 5.92 Å². The second kappa shape index (κ2) is 7.15. The molecular weight excluding hydrogens is 298 g/mol. The maximum absolute atomic E-state index is 13.3. The van der Waals surface area contributed by atoms with Gasteiger partial charge in [-0.15, -0.1) is 0 Å². The number of aliphatic hydroxyl groups excluding tert-OH is 1. The third-order valence-corrected chi connectivity index (χ3v) is 4.46. The van der Waals surface area contributed by atoms with E-state index in [0.29, 0.717) is 12.2 Å². The van der Waals surface area contributed by atoms with Crippen LogP contribution in [0.4, 0.5) is 8.78 Å². The van der Waals surface area contributed by atoms with E-state index in [4.69, 9.17) is 0 Å². The molecule has 0 aliphatic carbocycles. The molecule has 1 aliphatic rings. The number of nitrogens with zero attached hydrogens (tertiary/aromatic N) is 2. The molecule has 23 heavy (non-hydrogen) atoms. The normalized spacial score (nSPS) is 18.0.